The molecule has 1 aromatic carbocycles. The minimum Gasteiger partial charge on any atom is -0.359 e. The normalized spacial score (nSPS) is 23.8. The maximum absolute atomic E-state index is 12.5. The number of benzene rings is 1. The van der Waals surface area contributed by atoms with Crippen LogP contribution < -0.4 is 5.32 Å². The first-order chi connectivity index (χ1) is 9.87. The lowest BCUT2D eigenvalue weighted by Gasteiger charge is -2.26. The highest BCUT2D eigenvalue weighted by Crippen LogP contribution is 2.32. The van der Waals surface area contributed by atoms with Crippen molar-refractivity contribution in [3.8, 4) is 0 Å². The van der Waals surface area contributed by atoms with E-state index in [1.807, 2.05) is 13.8 Å². The van der Waals surface area contributed by atoms with Crippen molar-refractivity contribution >= 4 is 23.3 Å². The second kappa shape index (κ2) is 6.16. The number of hydrogen-bond donors (Lipinski definition) is 1. The molecule has 0 aromatic heterocycles. The van der Waals surface area contributed by atoms with Gasteiger partial charge in [-0.25, -0.2) is 0 Å². The number of ketones is 1. The number of nitrogens with one attached hydrogen (secondary N) is 1. The first kappa shape index (κ1) is 16.0. The zero-order valence-corrected chi connectivity index (χ0v) is 13.4. The SMILES string of the molecule is CNC(=O)C1(C)CCN(C(C)C(=O)c2cccc(Cl)c2)C1. The number of halogens is 1. The van der Waals surface area contributed by atoms with Crippen LogP contribution in [0.4, 0.5) is 0 Å². The van der Waals surface area contributed by atoms with Gasteiger partial charge < -0.3 is 5.32 Å². The molecular formula is C16H21ClN2O2. The van der Waals surface area contributed by atoms with Crippen LogP contribution in [0.25, 0.3) is 0 Å². The molecule has 5 heteroatoms. The molecule has 4 nitrogen and oxygen atoms in total. The van der Waals surface area contributed by atoms with Crippen molar-refractivity contribution in [2.45, 2.75) is 26.3 Å². The van der Waals surface area contributed by atoms with Crippen molar-refractivity contribution in [1.82, 2.24) is 10.2 Å². The molecule has 0 aliphatic carbocycles. The third-order valence-electron chi connectivity index (χ3n) is 4.31. The summed E-state index contributed by atoms with van der Waals surface area (Å²) in [5.41, 5.74) is 0.195. The smallest absolute Gasteiger partial charge is 0.227 e. The molecule has 1 aliphatic rings. The summed E-state index contributed by atoms with van der Waals surface area (Å²) in [5, 5.41) is 3.27. The van der Waals surface area contributed by atoms with Gasteiger partial charge in [0.25, 0.3) is 0 Å². The number of carbonyl (C=O) groups excluding carboxylic acids is 2. The molecule has 1 fully saturated rings. The van der Waals surface area contributed by atoms with Crippen LogP contribution in [0.3, 0.4) is 0 Å². The van der Waals surface area contributed by atoms with Crippen LogP contribution in [0.2, 0.25) is 5.02 Å². The fourth-order valence-electron chi connectivity index (χ4n) is 2.86. The number of nitrogens with zero attached hydrogens (tertiary/aromatic N) is 1. The van der Waals surface area contributed by atoms with E-state index in [0.29, 0.717) is 17.1 Å². The van der Waals surface area contributed by atoms with E-state index < -0.39 is 5.41 Å². The standard InChI is InChI=1S/C16H21ClN2O2/c1-11(14(20)12-5-4-6-13(17)9-12)19-8-7-16(2,10-19)15(21)18-3/h4-6,9,11H,7-8,10H2,1-3H3,(H,18,21). The highest BCUT2D eigenvalue weighted by Gasteiger charge is 2.42. The number of likely N-dealkylation sites (tertiary alicyclic amines) is 1. The predicted molar refractivity (Wildman–Crippen MR) is 83.6 cm³/mol. The molecule has 0 bridgehead atoms. The maximum atomic E-state index is 12.5. The van der Waals surface area contributed by atoms with Gasteiger partial charge in [-0.05, 0) is 38.9 Å². The van der Waals surface area contributed by atoms with Crippen LogP contribution >= 0.6 is 11.6 Å². The minimum atomic E-state index is -0.419. The Bertz CT molecular complexity index is 561. The van der Waals surface area contributed by atoms with Gasteiger partial charge in [-0.2, -0.15) is 0 Å². The molecule has 1 aromatic rings. The molecule has 114 valence electrons. The van der Waals surface area contributed by atoms with E-state index in [2.05, 4.69) is 10.2 Å². The van der Waals surface area contributed by atoms with E-state index >= 15 is 0 Å². The fraction of sp³-hybridized carbons (Fsp3) is 0.500. The van der Waals surface area contributed by atoms with E-state index in [9.17, 15) is 9.59 Å². The molecule has 1 saturated heterocycles. The number of rotatable bonds is 4. The van der Waals surface area contributed by atoms with Crippen molar-refractivity contribution in [3.63, 3.8) is 0 Å². The summed E-state index contributed by atoms with van der Waals surface area (Å²) in [4.78, 5) is 26.5. The summed E-state index contributed by atoms with van der Waals surface area (Å²) in [6, 6.07) is 6.74. The van der Waals surface area contributed by atoms with Gasteiger partial charge in [-0.15, -0.1) is 0 Å². The van der Waals surface area contributed by atoms with Gasteiger partial charge in [-0.3, -0.25) is 14.5 Å². The molecule has 1 N–H and O–H groups in total. The van der Waals surface area contributed by atoms with Crippen molar-refractivity contribution < 1.29 is 9.59 Å². The van der Waals surface area contributed by atoms with E-state index in [4.69, 9.17) is 11.6 Å². The molecule has 2 rings (SSSR count). The molecule has 2 unspecified atom stereocenters. The Hall–Kier alpha value is -1.39. The van der Waals surface area contributed by atoms with Crippen LogP contribution in [-0.2, 0) is 4.79 Å². The summed E-state index contributed by atoms with van der Waals surface area (Å²) in [6.45, 7) is 5.18. The van der Waals surface area contributed by atoms with E-state index in [1.165, 1.54) is 0 Å². The Morgan fingerprint density at radius 1 is 1.43 bits per heavy atom. The average Bonchev–Trinajstić information content (AvgIpc) is 2.88. The highest BCUT2D eigenvalue weighted by atomic mass is 35.5. The quantitative estimate of drug-likeness (QED) is 0.869. The third-order valence-corrected chi connectivity index (χ3v) is 4.55. The number of amides is 1. The second-order valence-corrected chi connectivity index (χ2v) is 6.35. The van der Waals surface area contributed by atoms with Gasteiger partial charge in [0.2, 0.25) is 5.91 Å². The first-order valence-corrected chi connectivity index (χ1v) is 7.51. The van der Waals surface area contributed by atoms with Gasteiger partial charge in [-0.1, -0.05) is 23.7 Å². The monoisotopic (exact) mass is 308 g/mol. The molecule has 2 atom stereocenters. The molecule has 0 radical (unpaired) electrons. The zero-order valence-electron chi connectivity index (χ0n) is 12.6. The van der Waals surface area contributed by atoms with E-state index in [1.54, 1.807) is 31.3 Å². The lowest BCUT2D eigenvalue weighted by atomic mass is 9.89. The lowest BCUT2D eigenvalue weighted by molar-refractivity contribution is -0.129. The second-order valence-electron chi connectivity index (χ2n) is 5.91. The molecule has 1 heterocycles. The Morgan fingerprint density at radius 2 is 2.14 bits per heavy atom. The third kappa shape index (κ3) is 3.27. The predicted octanol–water partition coefficient (Wildman–Crippen LogP) is 2.37. The van der Waals surface area contributed by atoms with Crippen LogP contribution in [0.15, 0.2) is 24.3 Å². The highest BCUT2D eigenvalue weighted by molar-refractivity contribution is 6.31. The Morgan fingerprint density at radius 3 is 2.76 bits per heavy atom. The van der Waals surface area contributed by atoms with Crippen LogP contribution in [0, 0.1) is 5.41 Å². The Labute approximate surface area is 130 Å². The molecular weight excluding hydrogens is 288 g/mol. The molecule has 0 spiro atoms. The van der Waals surface area contributed by atoms with Gasteiger partial charge in [0.15, 0.2) is 5.78 Å². The molecule has 1 aliphatic heterocycles. The average molecular weight is 309 g/mol. The summed E-state index contributed by atoms with van der Waals surface area (Å²) >= 11 is 5.94. The van der Waals surface area contributed by atoms with Gasteiger partial charge >= 0.3 is 0 Å². The Balaban J connectivity index is 2.10. The minimum absolute atomic E-state index is 0.0346. The van der Waals surface area contributed by atoms with Gasteiger partial charge in [0, 0.05) is 24.2 Å². The molecule has 21 heavy (non-hydrogen) atoms. The Kier molecular flexibility index (Phi) is 4.69. The van der Waals surface area contributed by atoms with Crippen LogP contribution in [0.5, 0.6) is 0 Å². The van der Waals surface area contributed by atoms with Crippen LogP contribution in [0.1, 0.15) is 30.6 Å². The van der Waals surface area contributed by atoms with E-state index in [0.717, 1.165) is 13.0 Å². The zero-order chi connectivity index (χ0) is 15.6. The largest absolute Gasteiger partial charge is 0.359 e. The summed E-state index contributed by atoms with van der Waals surface area (Å²) in [7, 11) is 1.65. The number of carbonyl (C=O) groups is 2. The van der Waals surface area contributed by atoms with Gasteiger partial charge in [0.05, 0.1) is 11.5 Å². The van der Waals surface area contributed by atoms with Crippen molar-refractivity contribution in [3.05, 3.63) is 34.9 Å². The summed E-state index contributed by atoms with van der Waals surface area (Å²) in [6.07, 6.45) is 0.764. The molecule has 1 amide bonds. The number of Topliss-reactive ketones (excluding diaryl/α,β-unsaturated/α-hetero) is 1. The first-order valence-electron chi connectivity index (χ1n) is 7.13. The number of hydrogen-bond acceptors (Lipinski definition) is 3. The lowest BCUT2D eigenvalue weighted by Crippen LogP contribution is -2.43. The van der Waals surface area contributed by atoms with Crippen molar-refractivity contribution in [2.24, 2.45) is 5.41 Å². The summed E-state index contributed by atoms with van der Waals surface area (Å²) < 4.78 is 0. The fourth-order valence-corrected chi connectivity index (χ4v) is 3.05. The van der Waals surface area contributed by atoms with Crippen LogP contribution in [-0.4, -0.2) is 42.8 Å². The topological polar surface area (TPSA) is 49.4 Å². The van der Waals surface area contributed by atoms with E-state index in [-0.39, 0.29) is 17.7 Å². The molecule has 0 saturated carbocycles. The van der Waals surface area contributed by atoms with Gasteiger partial charge in [0.1, 0.15) is 0 Å². The van der Waals surface area contributed by atoms with Crippen molar-refractivity contribution in [1.29, 1.82) is 0 Å². The van der Waals surface area contributed by atoms with Crippen molar-refractivity contribution in [2.75, 3.05) is 20.1 Å². The maximum Gasteiger partial charge on any atom is 0.227 e. The summed E-state index contributed by atoms with van der Waals surface area (Å²) in [5.74, 6) is 0.0751.